The van der Waals surface area contributed by atoms with Gasteiger partial charge in [0, 0.05) is 17.9 Å². The van der Waals surface area contributed by atoms with Crippen molar-refractivity contribution >= 4 is 0 Å². The van der Waals surface area contributed by atoms with Crippen LogP contribution in [0.1, 0.15) is 49.2 Å². The van der Waals surface area contributed by atoms with Crippen molar-refractivity contribution in [2.45, 2.75) is 58.9 Å². The Kier molecular flexibility index (Phi) is 2.61. The second-order valence-corrected chi connectivity index (χ2v) is 5.94. The molecule has 92 valence electrons. The highest BCUT2D eigenvalue weighted by atomic mass is 15.0. The van der Waals surface area contributed by atoms with E-state index < -0.39 is 0 Å². The van der Waals surface area contributed by atoms with Crippen LogP contribution in [0.4, 0.5) is 0 Å². The molecule has 0 aromatic carbocycles. The van der Waals surface area contributed by atoms with Crippen molar-refractivity contribution in [2.24, 2.45) is 5.92 Å². The molecule has 2 nitrogen and oxygen atoms in total. The van der Waals surface area contributed by atoms with Gasteiger partial charge in [-0.25, -0.2) is 0 Å². The van der Waals surface area contributed by atoms with E-state index in [-0.39, 0.29) is 0 Å². The maximum Gasteiger partial charge on any atom is 0.0638 e. The molecule has 0 atom stereocenters. The molecule has 17 heavy (non-hydrogen) atoms. The zero-order valence-electron chi connectivity index (χ0n) is 11.0. The van der Waals surface area contributed by atoms with Crippen molar-refractivity contribution in [1.82, 2.24) is 4.57 Å². The Labute approximate surface area is 103 Å². The fourth-order valence-electron chi connectivity index (χ4n) is 3.52. The first-order valence-electron chi connectivity index (χ1n) is 6.99. The lowest BCUT2D eigenvalue weighted by Gasteiger charge is -2.21. The molecular formula is C15H22N2. The number of nitrogens with zero attached hydrogens (tertiary/aromatic N) is 1. The van der Waals surface area contributed by atoms with Gasteiger partial charge in [-0.1, -0.05) is 13.8 Å². The summed E-state index contributed by atoms with van der Waals surface area (Å²) in [5.41, 5.74) is 5.71. The van der Waals surface area contributed by atoms with Crippen LogP contribution in [0.15, 0.2) is 0 Å². The zero-order valence-corrected chi connectivity index (χ0v) is 11.0. The molecule has 2 aliphatic carbocycles. The van der Waals surface area contributed by atoms with E-state index in [2.05, 4.69) is 18.4 Å². The van der Waals surface area contributed by atoms with Gasteiger partial charge in [-0.15, -0.1) is 0 Å². The van der Waals surface area contributed by atoms with Crippen LogP contribution in [0.5, 0.6) is 0 Å². The summed E-state index contributed by atoms with van der Waals surface area (Å²) in [4.78, 5) is 0. The quantitative estimate of drug-likeness (QED) is 0.809. The fourth-order valence-corrected chi connectivity index (χ4v) is 3.52. The van der Waals surface area contributed by atoms with E-state index in [9.17, 15) is 0 Å². The van der Waals surface area contributed by atoms with Crippen LogP contribution < -0.4 is 5.36 Å². The molecule has 0 amide bonds. The highest BCUT2D eigenvalue weighted by Crippen LogP contribution is 2.27. The lowest BCUT2D eigenvalue weighted by Crippen LogP contribution is -2.23. The predicted octanol–water partition coefficient (Wildman–Crippen LogP) is 2.60. The second kappa shape index (κ2) is 4.01. The fraction of sp³-hybridized carbons (Fsp3) is 0.667. The summed E-state index contributed by atoms with van der Waals surface area (Å²) < 4.78 is 2.58. The molecule has 1 aromatic rings. The topological polar surface area (TPSA) is 28.8 Å². The molecule has 0 radical (unpaired) electrons. The summed E-state index contributed by atoms with van der Waals surface area (Å²) >= 11 is 0. The number of nitrogens with one attached hydrogen (secondary N) is 1. The summed E-state index contributed by atoms with van der Waals surface area (Å²) in [5.74, 6) is 0.700. The maximum absolute atomic E-state index is 8.37. The first-order chi connectivity index (χ1) is 8.18. The molecule has 0 spiro atoms. The van der Waals surface area contributed by atoms with Crippen molar-refractivity contribution < 1.29 is 0 Å². The van der Waals surface area contributed by atoms with E-state index in [0.29, 0.717) is 5.92 Å². The summed E-state index contributed by atoms with van der Waals surface area (Å²) in [6, 6.07) is 0. The van der Waals surface area contributed by atoms with Crippen molar-refractivity contribution in [2.75, 3.05) is 0 Å². The minimum Gasteiger partial charge on any atom is -0.348 e. The number of hydrogen-bond donors (Lipinski definition) is 1. The zero-order chi connectivity index (χ0) is 12.0. The molecule has 3 rings (SSSR count). The maximum atomic E-state index is 8.37. The predicted molar refractivity (Wildman–Crippen MR) is 69.2 cm³/mol. The van der Waals surface area contributed by atoms with Crippen molar-refractivity contribution in [3.8, 4) is 0 Å². The third-order valence-electron chi connectivity index (χ3n) is 4.18. The minimum absolute atomic E-state index is 0.700. The van der Waals surface area contributed by atoms with E-state index >= 15 is 0 Å². The van der Waals surface area contributed by atoms with E-state index in [4.69, 9.17) is 5.41 Å². The van der Waals surface area contributed by atoms with Crippen molar-refractivity contribution in [3.05, 3.63) is 27.9 Å². The van der Waals surface area contributed by atoms with Gasteiger partial charge in [-0.2, -0.15) is 0 Å². The van der Waals surface area contributed by atoms with Gasteiger partial charge in [0.15, 0.2) is 0 Å². The molecule has 1 N–H and O–H groups in total. The number of rotatable bonds is 2. The SMILES string of the molecule is CC(C)Cn1c2c(c(=N)c3c1CCC3)CCC2. The first-order valence-corrected chi connectivity index (χ1v) is 6.99. The second-order valence-electron chi connectivity index (χ2n) is 5.94. The molecule has 2 heteroatoms. The number of pyridine rings is 1. The molecule has 1 heterocycles. The third-order valence-corrected chi connectivity index (χ3v) is 4.18. The minimum atomic E-state index is 0.700. The number of fused-ring (bicyclic) bond motifs is 2. The van der Waals surface area contributed by atoms with Crippen LogP contribution >= 0.6 is 0 Å². The Hall–Kier alpha value is -1.05. The van der Waals surface area contributed by atoms with Crippen molar-refractivity contribution in [1.29, 1.82) is 5.41 Å². The largest absolute Gasteiger partial charge is 0.348 e. The standard InChI is InChI=1S/C15H22N2/c1-10(2)9-17-13-7-3-5-11(13)15(16)12-6-4-8-14(12)17/h10,16H,3-9H2,1-2H3. The molecule has 0 saturated carbocycles. The van der Waals surface area contributed by atoms with Crippen LogP contribution in [0, 0.1) is 11.3 Å². The van der Waals surface area contributed by atoms with Gasteiger partial charge >= 0.3 is 0 Å². The van der Waals surface area contributed by atoms with Gasteiger partial charge in [0.2, 0.25) is 0 Å². The molecule has 0 saturated heterocycles. The van der Waals surface area contributed by atoms with Crippen molar-refractivity contribution in [3.63, 3.8) is 0 Å². The van der Waals surface area contributed by atoms with E-state index in [0.717, 1.165) is 24.7 Å². The third kappa shape index (κ3) is 1.65. The Bertz CT molecular complexity index is 470. The first kappa shape index (κ1) is 11.1. The lowest BCUT2D eigenvalue weighted by molar-refractivity contribution is 0.494. The number of hydrogen-bond acceptors (Lipinski definition) is 1. The highest BCUT2D eigenvalue weighted by molar-refractivity contribution is 5.36. The molecular weight excluding hydrogens is 208 g/mol. The smallest absolute Gasteiger partial charge is 0.0638 e. The van der Waals surface area contributed by atoms with Crippen LogP contribution in [0.2, 0.25) is 0 Å². The van der Waals surface area contributed by atoms with E-state index in [1.54, 1.807) is 0 Å². The Morgan fingerprint density at radius 3 is 2.00 bits per heavy atom. The van der Waals surface area contributed by atoms with Gasteiger partial charge in [-0.3, -0.25) is 0 Å². The number of aromatic nitrogens is 1. The Morgan fingerprint density at radius 2 is 1.53 bits per heavy atom. The van der Waals surface area contributed by atoms with Crippen LogP contribution in [0.25, 0.3) is 0 Å². The van der Waals surface area contributed by atoms with E-state index in [1.165, 1.54) is 48.2 Å². The molecule has 1 aromatic heterocycles. The summed E-state index contributed by atoms with van der Waals surface area (Å²) in [6.07, 6.45) is 7.17. The summed E-state index contributed by atoms with van der Waals surface area (Å²) in [5, 5.41) is 9.27. The van der Waals surface area contributed by atoms with E-state index in [1.807, 2.05) is 0 Å². The molecule has 0 unspecified atom stereocenters. The molecule has 0 bridgehead atoms. The van der Waals surface area contributed by atoms with Gasteiger partial charge < -0.3 is 9.98 Å². The van der Waals surface area contributed by atoms with Crippen LogP contribution in [-0.4, -0.2) is 4.57 Å². The lowest BCUT2D eigenvalue weighted by atomic mass is 10.1. The summed E-state index contributed by atoms with van der Waals surface area (Å²) in [7, 11) is 0. The monoisotopic (exact) mass is 230 g/mol. The average molecular weight is 230 g/mol. The molecule has 2 aliphatic rings. The highest BCUT2D eigenvalue weighted by Gasteiger charge is 2.25. The van der Waals surface area contributed by atoms with Gasteiger partial charge in [0.1, 0.15) is 0 Å². The van der Waals surface area contributed by atoms with Gasteiger partial charge in [0.25, 0.3) is 0 Å². The van der Waals surface area contributed by atoms with Gasteiger partial charge in [-0.05, 0) is 55.6 Å². The molecule has 0 fully saturated rings. The average Bonchev–Trinajstić information content (AvgIpc) is 2.92. The normalized spacial score (nSPS) is 17.6. The van der Waals surface area contributed by atoms with Crippen LogP contribution in [-0.2, 0) is 32.2 Å². The molecule has 0 aliphatic heterocycles. The summed E-state index contributed by atoms with van der Waals surface area (Å²) in [6.45, 7) is 5.74. The Balaban J connectivity index is 2.23. The Morgan fingerprint density at radius 1 is 1.00 bits per heavy atom. The van der Waals surface area contributed by atoms with Gasteiger partial charge in [0.05, 0.1) is 5.36 Å². The van der Waals surface area contributed by atoms with Crippen LogP contribution in [0.3, 0.4) is 0 Å².